The Kier molecular flexibility index (Phi) is 5.48. The van der Waals surface area contributed by atoms with E-state index in [9.17, 15) is 4.79 Å². The molecule has 0 saturated heterocycles. The van der Waals surface area contributed by atoms with Crippen molar-refractivity contribution in [2.75, 3.05) is 6.26 Å². The highest BCUT2D eigenvalue weighted by atomic mass is 35.5. The Morgan fingerprint density at radius 2 is 2.12 bits per heavy atom. The summed E-state index contributed by atoms with van der Waals surface area (Å²) in [7, 11) is 0. The fraction of sp³-hybridized carbons (Fsp3) is 0.333. The van der Waals surface area contributed by atoms with Crippen molar-refractivity contribution in [2.45, 2.75) is 38.4 Å². The summed E-state index contributed by atoms with van der Waals surface area (Å²) in [6.07, 6.45) is 2.16. The fourth-order valence-electron chi connectivity index (χ4n) is 2.84. The third-order valence-electron chi connectivity index (χ3n) is 4.28. The molecule has 0 fully saturated rings. The number of benzene rings is 1. The van der Waals surface area contributed by atoms with Crippen LogP contribution in [-0.4, -0.2) is 31.7 Å². The van der Waals surface area contributed by atoms with Crippen LogP contribution in [0, 0.1) is 13.8 Å². The Morgan fingerprint density at radius 3 is 2.81 bits per heavy atom. The molecule has 26 heavy (non-hydrogen) atoms. The first-order valence-corrected chi connectivity index (χ1v) is 9.81. The Labute approximate surface area is 161 Å². The van der Waals surface area contributed by atoms with Gasteiger partial charge in [0.1, 0.15) is 0 Å². The normalized spacial score (nSPS) is 12.3. The molecule has 1 unspecified atom stereocenters. The van der Waals surface area contributed by atoms with Crippen LogP contribution in [0.4, 0.5) is 0 Å². The van der Waals surface area contributed by atoms with Gasteiger partial charge in [-0.3, -0.25) is 4.79 Å². The van der Waals surface area contributed by atoms with Gasteiger partial charge in [-0.15, -0.1) is 5.10 Å². The number of nitrogens with zero attached hydrogens (tertiary/aromatic N) is 4. The number of hydrogen-bond acceptors (Lipinski definition) is 5. The van der Waals surface area contributed by atoms with E-state index in [2.05, 4.69) is 20.4 Å². The predicted octanol–water partition coefficient (Wildman–Crippen LogP) is 3.54. The van der Waals surface area contributed by atoms with Crippen LogP contribution in [0.3, 0.4) is 0 Å². The lowest BCUT2D eigenvalue weighted by Gasteiger charge is -2.16. The van der Waals surface area contributed by atoms with Crippen LogP contribution in [0.15, 0.2) is 29.4 Å². The summed E-state index contributed by atoms with van der Waals surface area (Å²) in [5, 5.41) is 8.75. The molecule has 1 N–H and O–H groups in total. The van der Waals surface area contributed by atoms with E-state index in [4.69, 9.17) is 11.6 Å². The van der Waals surface area contributed by atoms with Gasteiger partial charge in [0.05, 0.1) is 12.5 Å². The van der Waals surface area contributed by atoms with Crippen LogP contribution in [0.25, 0.3) is 5.78 Å². The van der Waals surface area contributed by atoms with E-state index < -0.39 is 0 Å². The zero-order chi connectivity index (χ0) is 18.8. The minimum Gasteiger partial charge on any atom is -0.349 e. The van der Waals surface area contributed by atoms with Crippen molar-refractivity contribution in [1.29, 1.82) is 0 Å². The van der Waals surface area contributed by atoms with E-state index in [1.807, 2.05) is 51.3 Å². The van der Waals surface area contributed by atoms with Crippen molar-refractivity contribution in [3.63, 3.8) is 0 Å². The number of carbonyl (C=O) groups excluding carboxylic acids is 1. The number of amides is 1. The monoisotopic (exact) mass is 389 g/mol. The molecule has 0 radical (unpaired) electrons. The van der Waals surface area contributed by atoms with Crippen LogP contribution in [0.2, 0.25) is 5.02 Å². The molecule has 1 aromatic carbocycles. The molecule has 0 aliphatic carbocycles. The van der Waals surface area contributed by atoms with Crippen LogP contribution >= 0.6 is 23.4 Å². The molecule has 3 rings (SSSR count). The first kappa shape index (κ1) is 18.7. The molecule has 2 aromatic heterocycles. The summed E-state index contributed by atoms with van der Waals surface area (Å²) in [4.78, 5) is 21.4. The molecule has 2 heterocycles. The number of fused-ring (bicyclic) bond motifs is 1. The second kappa shape index (κ2) is 7.63. The van der Waals surface area contributed by atoms with E-state index in [-0.39, 0.29) is 18.4 Å². The molecule has 0 aliphatic heterocycles. The molecule has 0 spiro atoms. The van der Waals surface area contributed by atoms with Gasteiger partial charge < -0.3 is 5.32 Å². The zero-order valence-corrected chi connectivity index (χ0v) is 16.6. The third kappa shape index (κ3) is 3.83. The van der Waals surface area contributed by atoms with Crippen molar-refractivity contribution in [3.05, 3.63) is 51.8 Å². The highest BCUT2D eigenvalue weighted by Gasteiger charge is 2.17. The first-order chi connectivity index (χ1) is 12.4. The van der Waals surface area contributed by atoms with Crippen molar-refractivity contribution in [1.82, 2.24) is 24.9 Å². The summed E-state index contributed by atoms with van der Waals surface area (Å²) >= 11 is 7.49. The number of thioether (sulfide) groups is 1. The van der Waals surface area contributed by atoms with Crippen LogP contribution in [-0.2, 0) is 11.2 Å². The number of nitrogens with one attached hydrogen (secondary N) is 1. The second-order valence-electron chi connectivity index (χ2n) is 6.09. The topological polar surface area (TPSA) is 72.2 Å². The maximum Gasteiger partial charge on any atom is 0.253 e. The summed E-state index contributed by atoms with van der Waals surface area (Å²) in [5.41, 5.74) is 3.51. The molecule has 6 nitrogen and oxygen atoms in total. The number of halogens is 1. The lowest BCUT2D eigenvalue weighted by Crippen LogP contribution is -2.29. The van der Waals surface area contributed by atoms with Crippen molar-refractivity contribution in [2.24, 2.45) is 0 Å². The highest BCUT2D eigenvalue weighted by Crippen LogP contribution is 2.19. The van der Waals surface area contributed by atoms with Crippen LogP contribution in [0.5, 0.6) is 0 Å². The van der Waals surface area contributed by atoms with E-state index in [1.54, 1.807) is 4.52 Å². The smallest absolute Gasteiger partial charge is 0.253 e. The van der Waals surface area contributed by atoms with Crippen molar-refractivity contribution >= 4 is 35.0 Å². The molecule has 0 bridgehead atoms. The SMILES string of the molecule is CSc1nc2nc(C)c(CC(=O)NC(C)c3cccc(Cl)c3)c(C)n2n1. The number of aromatic nitrogens is 4. The maximum absolute atomic E-state index is 12.6. The maximum atomic E-state index is 12.6. The zero-order valence-electron chi connectivity index (χ0n) is 15.1. The molecular formula is C18H20ClN5OS. The molecule has 0 saturated carbocycles. The van der Waals surface area contributed by atoms with Gasteiger partial charge in [0, 0.05) is 22.0 Å². The van der Waals surface area contributed by atoms with Crippen molar-refractivity contribution in [3.8, 4) is 0 Å². The number of carbonyl (C=O) groups is 1. The Hall–Kier alpha value is -2.12. The number of rotatable bonds is 5. The Balaban J connectivity index is 1.80. The highest BCUT2D eigenvalue weighted by molar-refractivity contribution is 7.98. The van der Waals surface area contributed by atoms with Gasteiger partial charge in [-0.25, -0.2) is 9.50 Å². The van der Waals surface area contributed by atoms with Gasteiger partial charge in [-0.05, 0) is 44.7 Å². The van der Waals surface area contributed by atoms with E-state index in [0.717, 1.165) is 22.5 Å². The lowest BCUT2D eigenvalue weighted by atomic mass is 10.1. The summed E-state index contributed by atoms with van der Waals surface area (Å²) < 4.78 is 1.70. The quantitative estimate of drug-likeness (QED) is 0.676. The minimum absolute atomic E-state index is 0.0740. The Bertz CT molecular complexity index is 972. The molecule has 1 amide bonds. The largest absolute Gasteiger partial charge is 0.349 e. The third-order valence-corrected chi connectivity index (χ3v) is 5.05. The van der Waals surface area contributed by atoms with Gasteiger partial charge in [-0.2, -0.15) is 4.98 Å². The number of hydrogen-bond donors (Lipinski definition) is 1. The molecule has 3 aromatic rings. The van der Waals surface area contributed by atoms with Gasteiger partial charge in [0.2, 0.25) is 11.1 Å². The predicted molar refractivity (Wildman–Crippen MR) is 104 cm³/mol. The average Bonchev–Trinajstić information content (AvgIpc) is 3.01. The van der Waals surface area contributed by atoms with Crippen molar-refractivity contribution < 1.29 is 4.79 Å². The molecular weight excluding hydrogens is 370 g/mol. The average molecular weight is 390 g/mol. The molecule has 0 aliphatic rings. The molecule has 8 heteroatoms. The standard InChI is InChI=1S/C18H20ClN5OS/c1-10(13-6-5-7-14(19)8-13)20-16(25)9-15-11(2)21-17-22-18(26-4)23-24(17)12(15)3/h5-8,10H,9H2,1-4H3,(H,20,25). The number of aryl methyl sites for hydroxylation is 2. The second-order valence-corrected chi connectivity index (χ2v) is 7.30. The fourth-order valence-corrected chi connectivity index (χ4v) is 3.38. The van der Waals surface area contributed by atoms with Crippen LogP contribution < -0.4 is 5.32 Å². The van der Waals surface area contributed by atoms with E-state index >= 15 is 0 Å². The minimum atomic E-state index is -0.132. The Morgan fingerprint density at radius 1 is 1.35 bits per heavy atom. The molecule has 136 valence electrons. The van der Waals surface area contributed by atoms with Gasteiger partial charge in [0.15, 0.2) is 0 Å². The summed E-state index contributed by atoms with van der Waals surface area (Å²) in [6, 6.07) is 7.36. The molecule has 1 atom stereocenters. The van der Waals surface area contributed by atoms with Gasteiger partial charge in [0.25, 0.3) is 5.78 Å². The van der Waals surface area contributed by atoms with E-state index in [0.29, 0.717) is 16.0 Å². The van der Waals surface area contributed by atoms with Crippen LogP contribution in [0.1, 0.15) is 35.5 Å². The summed E-state index contributed by atoms with van der Waals surface area (Å²) in [5.74, 6) is 0.482. The first-order valence-electron chi connectivity index (χ1n) is 8.20. The van der Waals surface area contributed by atoms with Gasteiger partial charge >= 0.3 is 0 Å². The van der Waals surface area contributed by atoms with Gasteiger partial charge in [-0.1, -0.05) is 35.5 Å². The lowest BCUT2D eigenvalue weighted by molar-refractivity contribution is -0.121. The van der Waals surface area contributed by atoms with E-state index in [1.165, 1.54) is 11.8 Å². The summed E-state index contributed by atoms with van der Waals surface area (Å²) in [6.45, 7) is 5.76.